The van der Waals surface area contributed by atoms with Crippen molar-refractivity contribution in [3.05, 3.63) is 461 Å². The first-order valence-corrected chi connectivity index (χ1v) is 37.0. The largest absolute Gasteiger partial charge is 0.508 e. The highest BCUT2D eigenvalue weighted by molar-refractivity contribution is 6.23. The van der Waals surface area contributed by atoms with Crippen molar-refractivity contribution >= 4 is 75.4 Å². The number of aromatic hydroxyl groups is 1. The zero-order chi connectivity index (χ0) is 71.5. The standard InChI is InChI=1S/C28H20.C25H18O.C24H18.C17H12.C11H10/c1-28(22-17-16-19-8-2-3-9-21(19)18-22)25-14-5-4-12-23(25)24-13-6-10-20-11-7-15-26(28)27(20)24;26-20-15-16-24-22(17-20)21-13-7-8-14-23(21)25(24,18-9-3-1-4-10-18)19-11-5-2-6-12-19;1-24(18-11-3-2-4-12-18)21-15-6-5-13-19(21)20-14-7-9-17-10-8-16-22(24)23(17)20;1-11-5-6-14-8-7-12-3-2-4-13-9-10-15(11)17(14)16(12)13;1-9-6-7-10-4-2-3-5-11(10)8-9/h2-18H,1H3;1-17,26H;2-16H,1H3;2-10H,1H3;2-8H,1H3. The van der Waals surface area contributed by atoms with Crippen molar-refractivity contribution in [2.75, 3.05) is 0 Å². The van der Waals surface area contributed by atoms with Gasteiger partial charge in [0.05, 0.1) is 5.41 Å². The summed E-state index contributed by atoms with van der Waals surface area (Å²) in [5, 5.41) is 29.0. The summed E-state index contributed by atoms with van der Waals surface area (Å²) in [7, 11) is 0. The van der Waals surface area contributed by atoms with E-state index in [4.69, 9.17) is 0 Å². The van der Waals surface area contributed by atoms with Gasteiger partial charge >= 0.3 is 0 Å². The molecule has 0 saturated carbocycles. The van der Waals surface area contributed by atoms with Gasteiger partial charge in [-0.3, -0.25) is 0 Å². The van der Waals surface area contributed by atoms with Gasteiger partial charge < -0.3 is 5.11 Å². The Morgan fingerprint density at radius 2 is 0.566 bits per heavy atom. The number of hydrogen-bond donors (Lipinski definition) is 1. The molecule has 0 aliphatic heterocycles. The van der Waals surface area contributed by atoms with Gasteiger partial charge in [-0.25, -0.2) is 0 Å². The van der Waals surface area contributed by atoms with E-state index in [1.807, 2.05) is 6.07 Å². The smallest absolute Gasteiger partial charge is 0.116 e. The Morgan fingerprint density at radius 3 is 1.12 bits per heavy atom. The van der Waals surface area contributed by atoms with E-state index in [0.29, 0.717) is 5.75 Å². The van der Waals surface area contributed by atoms with Crippen LogP contribution in [0.5, 0.6) is 5.75 Å². The lowest BCUT2D eigenvalue weighted by Crippen LogP contribution is -2.28. The maximum absolute atomic E-state index is 10.1. The molecule has 19 aromatic rings. The Bertz CT molecular complexity index is 6460. The number of fused-ring (bicyclic) bond motifs is 9. The lowest BCUT2D eigenvalue weighted by Gasteiger charge is -2.38. The number of benzene rings is 19. The molecule has 0 amide bonds. The highest BCUT2D eigenvalue weighted by Gasteiger charge is 2.46. The maximum Gasteiger partial charge on any atom is 0.116 e. The fourth-order valence-electron chi connectivity index (χ4n) is 18.1. The summed E-state index contributed by atoms with van der Waals surface area (Å²) in [5.74, 6) is 0.301. The first-order chi connectivity index (χ1) is 52.1. The van der Waals surface area contributed by atoms with Gasteiger partial charge in [-0.05, 0) is 216 Å². The molecule has 1 nitrogen and oxygen atoms in total. The van der Waals surface area contributed by atoms with E-state index in [2.05, 4.69) is 410 Å². The van der Waals surface area contributed by atoms with Crippen LogP contribution in [-0.2, 0) is 16.2 Å². The zero-order valence-corrected chi connectivity index (χ0v) is 60.0. The molecule has 2 unspecified atom stereocenters. The van der Waals surface area contributed by atoms with Gasteiger partial charge in [0.25, 0.3) is 0 Å². The van der Waals surface area contributed by atoms with Crippen LogP contribution >= 0.6 is 0 Å². The van der Waals surface area contributed by atoms with E-state index < -0.39 is 0 Å². The second-order valence-electron chi connectivity index (χ2n) is 29.0. The molecule has 106 heavy (non-hydrogen) atoms. The molecule has 0 spiro atoms. The van der Waals surface area contributed by atoms with Gasteiger partial charge in [-0.1, -0.05) is 382 Å². The normalized spacial score (nSPS) is 15.2. The third-order valence-corrected chi connectivity index (χ3v) is 23.2. The minimum Gasteiger partial charge on any atom is -0.508 e. The van der Waals surface area contributed by atoms with Crippen LogP contribution in [0, 0.1) is 13.8 Å². The monoisotopic (exact) mass is 1350 g/mol. The highest BCUT2D eigenvalue weighted by atomic mass is 16.3. The highest BCUT2D eigenvalue weighted by Crippen LogP contribution is 2.58. The van der Waals surface area contributed by atoms with Crippen molar-refractivity contribution in [3.63, 3.8) is 0 Å². The Balaban J connectivity index is 0.0000000965. The van der Waals surface area contributed by atoms with E-state index in [1.165, 1.54) is 170 Å². The van der Waals surface area contributed by atoms with E-state index >= 15 is 0 Å². The molecule has 0 aromatic heterocycles. The molecular formula is C105H78O. The van der Waals surface area contributed by atoms with Gasteiger partial charge in [0.1, 0.15) is 5.75 Å². The number of aryl methyl sites for hydroxylation is 2. The molecule has 19 aromatic carbocycles. The van der Waals surface area contributed by atoms with Gasteiger partial charge in [0, 0.05) is 10.8 Å². The first kappa shape index (κ1) is 65.1. The molecule has 3 aliphatic rings. The van der Waals surface area contributed by atoms with Crippen LogP contribution in [0.1, 0.15) is 80.6 Å². The molecular weight excluding hydrogens is 1280 g/mol. The summed E-state index contributed by atoms with van der Waals surface area (Å²) in [6.07, 6.45) is 0. The molecule has 0 heterocycles. The average Bonchev–Trinajstić information content (AvgIpc) is 1.34. The van der Waals surface area contributed by atoms with E-state index in [-0.39, 0.29) is 16.2 Å². The quantitative estimate of drug-likeness (QED) is 0.174. The van der Waals surface area contributed by atoms with Crippen LogP contribution in [0.15, 0.2) is 394 Å². The summed E-state index contributed by atoms with van der Waals surface area (Å²) >= 11 is 0. The molecule has 0 fully saturated rings. The predicted molar refractivity (Wildman–Crippen MR) is 449 cm³/mol. The van der Waals surface area contributed by atoms with Crippen molar-refractivity contribution in [1.29, 1.82) is 0 Å². The SMILES string of the molecule is CC1(c2ccc3ccccc3c2)c2ccccc2-c2cccc3cccc1c23.CC1(c2ccccc2)c2ccccc2-c2cccc3cccc1c23.Cc1ccc2ccc3cccc4ccc1c2c34.Cc1ccc2ccccc2c1.Oc1ccc2c(c1)-c1ccccc1C2(c1ccccc1)c1ccccc1. The maximum atomic E-state index is 10.1. The molecule has 3 aliphatic carbocycles. The topological polar surface area (TPSA) is 20.2 Å². The Hall–Kier alpha value is -12.9. The minimum absolute atomic E-state index is 0.133. The van der Waals surface area contributed by atoms with E-state index in [1.54, 1.807) is 6.07 Å². The molecule has 0 radical (unpaired) electrons. The van der Waals surface area contributed by atoms with Gasteiger partial charge in [0.15, 0.2) is 0 Å². The predicted octanol–water partition coefficient (Wildman–Crippen LogP) is 27.3. The number of phenols is 1. The molecule has 0 bridgehead atoms. The molecule has 0 saturated heterocycles. The lowest BCUT2D eigenvalue weighted by molar-refractivity contribution is 0.475. The molecule has 1 heteroatoms. The van der Waals surface area contributed by atoms with Crippen molar-refractivity contribution in [3.8, 4) is 39.1 Å². The zero-order valence-electron chi connectivity index (χ0n) is 60.0. The average molecular weight is 1360 g/mol. The van der Waals surface area contributed by atoms with Crippen LogP contribution < -0.4 is 0 Å². The summed E-state index contributed by atoms with van der Waals surface area (Å²) in [6, 6.07) is 141. The Morgan fingerprint density at radius 1 is 0.208 bits per heavy atom. The summed E-state index contributed by atoms with van der Waals surface area (Å²) < 4.78 is 0. The second-order valence-corrected chi connectivity index (χ2v) is 29.0. The van der Waals surface area contributed by atoms with Gasteiger partial charge in [-0.15, -0.1) is 0 Å². The molecule has 22 rings (SSSR count). The Labute approximate surface area is 620 Å². The third-order valence-electron chi connectivity index (χ3n) is 23.2. The lowest BCUT2D eigenvalue weighted by atomic mass is 9.64. The summed E-state index contributed by atoms with van der Waals surface area (Å²) in [5.41, 5.74) is 22.9. The molecule has 504 valence electrons. The van der Waals surface area contributed by atoms with Crippen molar-refractivity contribution < 1.29 is 5.11 Å². The second kappa shape index (κ2) is 26.7. The van der Waals surface area contributed by atoms with Gasteiger partial charge in [0.2, 0.25) is 0 Å². The van der Waals surface area contributed by atoms with Crippen LogP contribution in [0.25, 0.3) is 109 Å². The number of hydrogen-bond acceptors (Lipinski definition) is 1. The van der Waals surface area contributed by atoms with Crippen LogP contribution in [0.4, 0.5) is 0 Å². The van der Waals surface area contributed by atoms with E-state index in [9.17, 15) is 5.11 Å². The summed E-state index contributed by atoms with van der Waals surface area (Å²) in [6.45, 7) is 9.06. The van der Waals surface area contributed by atoms with Crippen LogP contribution in [-0.4, -0.2) is 5.11 Å². The fourth-order valence-corrected chi connectivity index (χ4v) is 18.1. The van der Waals surface area contributed by atoms with Crippen molar-refractivity contribution in [2.45, 2.75) is 43.9 Å². The van der Waals surface area contributed by atoms with Crippen molar-refractivity contribution in [1.82, 2.24) is 0 Å². The minimum atomic E-state index is -0.373. The first-order valence-electron chi connectivity index (χ1n) is 37.0. The number of rotatable bonds is 4. The van der Waals surface area contributed by atoms with Crippen LogP contribution in [0.3, 0.4) is 0 Å². The Kier molecular flexibility index (Phi) is 16.4. The fraction of sp³-hybridized carbons (Fsp3) is 0.0667. The number of phenolic OH excluding ortho intramolecular Hbond substituents is 1. The van der Waals surface area contributed by atoms with Gasteiger partial charge in [-0.2, -0.15) is 0 Å². The molecule has 2 atom stereocenters. The van der Waals surface area contributed by atoms with E-state index in [0.717, 1.165) is 5.56 Å². The molecule has 1 N–H and O–H groups in total. The van der Waals surface area contributed by atoms with Crippen molar-refractivity contribution in [2.24, 2.45) is 0 Å². The third kappa shape index (κ3) is 10.8. The van der Waals surface area contributed by atoms with Crippen LogP contribution in [0.2, 0.25) is 0 Å². The summed E-state index contributed by atoms with van der Waals surface area (Å²) in [4.78, 5) is 0.